The molecule has 3 rings (SSSR count). The normalized spacial score (nSPS) is 13.6. The number of nitrogens with two attached hydrogens (primary N) is 2. The number of benzene rings is 2. The Morgan fingerprint density at radius 3 is 1.98 bits per heavy atom. The molecular formula is C30H36N6O9. The van der Waals surface area contributed by atoms with Gasteiger partial charge in [-0.05, 0) is 42.2 Å². The molecule has 1 aromatic heterocycles. The van der Waals surface area contributed by atoms with Gasteiger partial charge in [-0.2, -0.15) is 0 Å². The third-order valence-corrected chi connectivity index (χ3v) is 7.04. The van der Waals surface area contributed by atoms with Crippen LogP contribution in [-0.4, -0.2) is 80.0 Å². The lowest BCUT2D eigenvalue weighted by Gasteiger charge is -2.25. The van der Waals surface area contributed by atoms with Crippen molar-refractivity contribution in [1.82, 2.24) is 20.9 Å². The highest BCUT2D eigenvalue weighted by Crippen LogP contribution is 2.20. The van der Waals surface area contributed by atoms with Gasteiger partial charge in [-0.25, -0.2) is 4.79 Å². The molecule has 3 aromatic rings. The van der Waals surface area contributed by atoms with Crippen molar-refractivity contribution in [2.75, 3.05) is 0 Å². The van der Waals surface area contributed by atoms with Gasteiger partial charge < -0.3 is 47.7 Å². The summed E-state index contributed by atoms with van der Waals surface area (Å²) in [5.74, 6) is -5.87. The van der Waals surface area contributed by atoms with Gasteiger partial charge in [0.05, 0.1) is 6.04 Å². The third kappa shape index (κ3) is 10.4. The molecule has 2 aromatic carbocycles. The van der Waals surface area contributed by atoms with E-state index >= 15 is 0 Å². The lowest BCUT2D eigenvalue weighted by Crippen LogP contribution is -2.58. The van der Waals surface area contributed by atoms with Crippen LogP contribution < -0.4 is 27.4 Å². The topological polar surface area (TPSA) is 267 Å². The second-order valence-electron chi connectivity index (χ2n) is 10.5. The number of nitrogens with one attached hydrogen (secondary N) is 4. The van der Waals surface area contributed by atoms with Crippen LogP contribution in [0.1, 0.15) is 36.8 Å². The number of fused-ring (bicyclic) bond motifs is 1. The van der Waals surface area contributed by atoms with E-state index in [0.29, 0.717) is 11.1 Å². The number of aromatic hydroxyl groups is 1. The van der Waals surface area contributed by atoms with Gasteiger partial charge >= 0.3 is 11.9 Å². The number of hydrogen-bond acceptors (Lipinski definition) is 8. The predicted molar refractivity (Wildman–Crippen MR) is 161 cm³/mol. The number of hydrogen-bond donors (Lipinski definition) is 9. The Balaban J connectivity index is 1.89. The maximum Gasteiger partial charge on any atom is 0.326 e. The number of primary amides is 1. The van der Waals surface area contributed by atoms with Crippen LogP contribution in [0.5, 0.6) is 5.75 Å². The summed E-state index contributed by atoms with van der Waals surface area (Å²) in [6.45, 7) is 0. The highest BCUT2D eigenvalue weighted by atomic mass is 16.4. The van der Waals surface area contributed by atoms with Gasteiger partial charge in [0.2, 0.25) is 23.6 Å². The summed E-state index contributed by atoms with van der Waals surface area (Å²) in [6, 6.07) is 7.64. The van der Waals surface area contributed by atoms with E-state index in [1.807, 2.05) is 18.2 Å². The molecule has 1 heterocycles. The largest absolute Gasteiger partial charge is 0.508 e. The third-order valence-electron chi connectivity index (χ3n) is 7.04. The van der Waals surface area contributed by atoms with Crippen molar-refractivity contribution in [3.63, 3.8) is 0 Å². The molecule has 15 nitrogen and oxygen atoms in total. The van der Waals surface area contributed by atoms with Gasteiger partial charge in [0, 0.05) is 42.8 Å². The van der Waals surface area contributed by atoms with Crippen molar-refractivity contribution >= 4 is 46.5 Å². The fraction of sp³-hybridized carbons (Fsp3) is 0.333. The predicted octanol–water partition coefficient (Wildman–Crippen LogP) is -0.345. The summed E-state index contributed by atoms with van der Waals surface area (Å²) in [5, 5.41) is 36.4. The number of carboxylic acid groups (broad SMARTS) is 2. The lowest BCUT2D eigenvalue weighted by atomic mass is 10.0. The minimum Gasteiger partial charge on any atom is -0.508 e. The molecule has 0 aliphatic rings. The van der Waals surface area contributed by atoms with Crippen LogP contribution in [0.25, 0.3) is 10.9 Å². The number of amides is 4. The minimum atomic E-state index is -1.56. The zero-order valence-corrected chi connectivity index (χ0v) is 24.2. The molecular weight excluding hydrogens is 588 g/mol. The number of H-pyrrole nitrogens is 1. The van der Waals surface area contributed by atoms with Crippen molar-refractivity contribution in [3.05, 3.63) is 65.9 Å². The molecule has 4 atom stereocenters. The van der Waals surface area contributed by atoms with E-state index in [0.717, 1.165) is 10.9 Å². The van der Waals surface area contributed by atoms with Crippen molar-refractivity contribution < 1.29 is 44.1 Å². The minimum absolute atomic E-state index is 0.0337. The number of phenolic OH excluding ortho intramolecular Hbond substituents is 1. The summed E-state index contributed by atoms with van der Waals surface area (Å²) < 4.78 is 0. The molecule has 0 radical (unpaired) electrons. The number of aromatic amines is 1. The molecule has 0 saturated carbocycles. The first-order valence-corrected chi connectivity index (χ1v) is 14.1. The standard InChI is InChI=1S/C30H36N6O9/c31-20(9-11-25(32)38)27(41)35-24(14-17-15-33-21-4-2-1-3-19(17)21)29(43)36-23(13-16-5-7-18(37)8-6-16)28(42)34-22(30(44)45)10-12-26(39)40/h1-8,15,20,22-24,33,37H,9-14,31H2,(H2,32,38)(H,34,42)(H,35,41)(H,36,43)(H,39,40)(H,44,45). The molecule has 45 heavy (non-hydrogen) atoms. The number of carbonyl (C=O) groups is 6. The molecule has 4 amide bonds. The fourth-order valence-corrected chi connectivity index (χ4v) is 4.58. The molecule has 0 spiro atoms. The zero-order valence-electron chi connectivity index (χ0n) is 24.2. The average molecular weight is 625 g/mol. The van der Waals surface area contributed by atoms with E-state index in [2.05, 4.69) is 20.9 Å². The molecule has 11 N–H and O–H groups in total. The van der Waals surface area contributed by atoms with E-state index in [4.69, 9.17) is 16.6 Å². The summed E-state index contributed by atoms with van der Waals surface area (Å²) in [7, 11) is 0. The van der Waals surface area contributed by atoms with Crippen molar-refractivity contribution in [3.8, 4) is 5.75 Å². The number of aliphatic carboxylic acids is 2. The van der Waals surface area contributed by atoms with Gasteiger partial charge in [-0.15, -0.1) is 0 Å². The molecule has 0 bridgehead atoms. The Hall–Kier alpha value is -5.44. The van der Waals surface area contributed by atoms with Crippen molar-refractivity contribution in [1.29, 1.82) is 0 Å². The molecule has 0 aliphatic carbocycles. The Morgan fingerprint density at radius 1 is 0.756 bits per heavy atom. The van der Waals surface area contributed by atoms with Crippen LogP contribution in [0, 0.1) is 0 Å². The van der Waals surface area contributed by atoms with E-state index < -0.39 is 72.6 Å². The maximum absolute atomic E-state index is 13.8. The quantitative estimate of drug-likeness (QED) is 0.0942. The van der Waals surface area contributed by atoms with E-state index in [-0.39, 0.29) is 31.4 Å². The summed E-state index contributed by atoms with van der Waals surface area (Å²) >= 11 is 0. The van der Waals surface area contributed by atoms with Crippen LogP contribution in [0.3, 0.4) is 0 Å². The number of rotatable bonds is 17. The lowest BCUT2D eigenvalue weighted by molar-refractivity contribution is -0.143. The van der Waals surface area contributed by atoms with Gasteiger partial charge in [0.25, 0.3) is 0 Å². The monoisotopic (exact) mass is 624 g/mol. The summed E-state index contributed by atoms with van der Waals surface area (Å²) in [5.41, 5.74) is 13.0. The highest BCUT2D eigenvalue weighted by molar-refractivity contribution is 5.95. The maximum atomic E-state index is 13.8. The molecule has 0 fully saturated rings. The number of para-hydroxylation sites is 1. The number of carboxylic acids is 2. The van der Waals surface area contributed by atoms with E-state index in [9.17, 15) is 39.0 Å². The van der Waals surface area contributed by atoms with Crippen molar-refractivity contribution in [2.45, 2.75) is 62.7 Å². The van der Waals surface area contributed by atoms with Gasteiger partial charge in [0.15, 0.2) is 0 Å². The molecule has 4 unspecified atom stereocenters. The zero-order chi connectivity index (χ0) is 33.1. The highest BCUT2D eigenvalue weighted by Gasteiger charge is 2.31. The van der Waals surface area contributed by atoms with Gasteiger partial charge in [-0.1, -0.05) is 30.3 Å². The molecule has 15 heteroatoms. The molecule has 240 valence electrons. The fourth-order valence-electron chi connectivity index (χ4n) is 4.58. The first-order chi connectivity index (χ1) is 21.3. The molecule has 0 aliphatic heterocycles. The van der Waals surface area contributed by atoms with Gasteiger partial charge in [0.1, 0.15) is 23.9 Å². The Kier molecular flexibility index (Phi) is 12.0. The first-order valence-electron chi connectivity index (χ1n) is 14.1. The number of phenols is 1. The van der Waals surface area contributed by atoms with Crippen LogP contribution in [0.2, 0.25) is 0 Å². The SMILES string of the molecule is NC(=O)CCC(N)C(=O)NC(Cc1c[nH]c2ccccc12)C(=O)NC(Cc1ccc(O)cc1)C(=O)NC(CCC(=O)O)C(=O)O. The first kappa shape index (κ1) is 34.1. The molecule has 0 saturated heterocycles. The van der Waals surface area contributed by atoms with E-state index in [1.54, 1.807) is 12.3 Å². The second-order valence-corrected chi connectivity index (χ2v) is 10.5. The second kappa shape index (κ2) is 15.9. The summed E-state index contributed by atoms with van der Waals surface area (Å²) in [6.07, 6.45) is 0.337. The van der Waals surface area contributed by atoms with E-state index in [1.165, 1.54) is 24.3 Å². The Bertz CT molecular complexity index is 1540. The smallest absolute Gasteiger partial charge is 0.326 e. The number of aromatic nitrogens is 1. The van der Waals surface area contributed by atoms with Crippen LogP contribution >= 0.6 is 0 Å². The Labute approximate surface area is 257 Å². The van der Waals surface area contributed by atoms with Crippen molar-refractivity contribution in [2.24, 2.45) is 11.5 Å². The average Bonchev–Trinajstić information content (AvgIpc) is 3.40. The van der Waals surface area contributed by atoms with Crippen LogP contribution in [-0.2, 0) is 41.6 Å². The Morgan fingerprint density at radius 2 is 1.36 bits per heavy atom. The number of carbonyl (C=O) groups excluding carboxylic acids is 4. The van der Waals surface area contributed by atoms with Gasteiger partial charge in [-0.3, -0.25) is 24.0 Å². The van der Waals surface area contributed by atoms with Crippen LogP contribution in [0.15, 0.2) is 54.7 Å². The summed E-state index contributed by atoms with van der Waals surface area (Å²) in [4.78, 5) is 77.1. The van der Waals surface area contributed by atoms with Crippen LogP contribution in [0.4, 0.5) is 0 Å².